The second-order valence-electron chi connectivity index (χ2n) is 5.95. The number of carbonyl (C=O) groups is 2. The predicted molar refractivity (Wildman–Crippen MR) is 100 cm³/mol. The Morgan fingerprint density at radius 2 is 2.04 bits per heavy atom. The van der Waals surface area contributed by atoms with Gasteiger partial charge in [0.25, 0.3) is 5.91 Å². The first kappa shape index (κ1) is 18.9. The van der Waals surface area contributed by atoms with Crippen LogP contribution in [0.5, 0.6) is 0 Å². The van der Waals surface area contributed by atoms with Gasteiger partial charge in [-0.3, -0.25) is 4.79 Å². The third kappa shape index (κ3) is 4.84. The number of nitriles is 1. The number of rotatable bonds is 5. The van der Waals surface area contributed by atoms with E-state index >= 15 is 0 Å². The number of thioether (sulfide) groups is 1. The molecule has 0 atom stereocenters. The lowest BCUT2D eigenvalue weighted by molar-refractivity contribution is 0.0698. The molecule has 27 heavy (non-hydrogen) atoms. The van der Waals surface area contributed by atoms with Crippen molar-refractivity contribution in [2.45, 2.75) is 23.1 Å². The molecule has 1 fully saturated rings. The van der Waals surface area contributed by atoms with Crippen LogP contribution in [-0.4, -0.2) is 40.4 Å². The molecule has 0 bridgehead atoms. The van der Waals surface area contributed by atoms with Gasteiger partial charge in [0, 0.05) is 24.7 Å². The van der Waals surface area contributed by atoms with Gasteiger partial charge < -0.3 is 15.2 Å². The van der Waals surface area contributed by atoms with Gasteiger partial charge in [-0.15, -0.1) is 11.8 Å². The van der Waals surface area contributed by atoms with E-state index in [0.717, 1.165) is 31.1 Å². The van der Waals surface area contributed by atoms with Crippen molar-refractivity contribution >= 4 is 29.3 Å². The fourth-order valence-electron chi connectivity index (χ4n) is 2.64. The summed E-state index contributed by atoms with van der Waals surface area (Å²) in [5.74, 6) is -1.68. The first-order valence-corrected chi connectivity index (χ1v) is 9.24. The predicted octanol–water partition coefficient (Wildman–Crippen LogP) is 3.17. The zero-order valence-corrected chi connectivity index (χ0v) is 15.2. The van der Waals surface area contributed by atoms with E-state index in [1.54, 1.807) is 23.9 Å². The van der Waals surface area contributed by atoms with E-state index in [1.807, 2.05) is 6.07 Å². The molecular weight excluding hydrogens is 366 g/mol. The van der Waals surface area contributed by atoms with E-state index in [0.29, 0.717) is 10.8 Å². The zero-order chi connectivity index (χ0) is 19.2. The van der Waals surface area contributed by atoms with Crippen molar-refractivity contribution in [2.75, 3.05) is 18.5 Å². The summed E-state index contributed by atoms with van der Waals surface area (Å²) in [6.45, 7) is 1.52. The van der Waals surface area contributed by atoms with Crippen LogP contribution in [0.3, 0.4) is 0 Å². The Bertz CT molecular complexity index is 887. The molecule has 0 radical (unpaired) electrons. The lowest BCUT2D eigenvalue weighted by Crippen LogP contribution is -2.17. The van der Waals surface area contributed by atoms with Crippen LogP contribution < -0.4 is 5.32 Å². The highest BCUT2D eigenvalue weighted by molar-refractivity contribution is 7.99. The summed E-state index contributed by atoms with van der Waals surface area (Å²) >= 11 is 1.67. The second-order valence-corrected chi connectivity index (χ2v) is 7.27. The number of hydrogen-bond donors (Lipinski definition) is 2. The quantitative estimate of drug-likeness (QED) is 0.815. The largest absolute Gasteiger partial charge is 0.478 e. The molecule has 0 spiro atoms. The molecule has 0 saturated carbocycles. The highest BCUT2D eigenvalue weighted by Gasteiger charge is 2.17. The van der Waals surface area contributed by atoms with Gasteiger partial charge in [-0.25, -0.2) is 9.78 Å². The molecule has 2 N–H and O–H groups in total. The van der Waals surface area contributed by atoms with Crippen LogP contribution in [-0.2, 0) is 4.74 Å². The molecule has 1 aliphatic rings. The molecule has 2 heterocycles. The molecule has 0 unspecified atom stereocenters. The van der Waals surface area contributed by atoms with Crippen LogP contribution in [0, 0.1) is 11.3 Å². The van der Waals surface area contributed by atoms with E-state index in [-0.39, 0.29) is 16.8 Å². The summed E-state index contributed by atoms with van der Waals surface area (Å²) < 4.78 is 5.34. The van der Waals surface area contributed by atoms with Gasteiger partial charge in [-0.1, -0.05) is 0 Å². The van der Waals surface area contributed by atoms with Gasteiger partial charge >= 0.3 is 5.97 Å². The van der Waals surface area contributed by atoms with Gasteiger partial charge in [0.2, 0.25) is 0 Å². The van der Waals surface area contributed by atoms with E-state index in [4.69, 9.17) is 10.00 Å². The third-order valence-electron chi connectivity index (χ3n) is 4.08. The SMILES string of the molecule is N#Cc1ccc(NC(=O)c2ccc(SC3CCOCC3)nc2)c(C(=O)O)c1. The molecule has 1 aromatic carbocycles. The Morgan fingerprint density at radius 1 is 1.26 bits per heavy atom. The summed E-state index contributed by atoms with van der Waals surface area (Å²) in [5.41, 5.74) is 0.530. The van der Waals surface area contributed by atoms with Crippen LogP contribution in [0.15, 0.2) is 41.6 Å². The molecule has 1 amide bonds. The summed E-state index contributed by atoms with van der Waals surface area (Å²) in [7, 11) is 0. The Kier molecular flexibility index (Phi) is 6.06. The van der Waals surface area contributed by atoms with Crippen LogP contribution in [0.2, 0.25) is 0 Å². The maximum absolute atomic E-state index is 12.4. The van der Waals surface area contributed by atoms with Crippen LogP contribution in [0.25, 0.3) is 0 Å². The smallest absolute Gasteiger partial charge is 0.337 e. The average molecular weight is 383 g/mol. The van der Waals surface area contributed by atoms with Gasteiger partial charge in [-0.05, 0) is 43.2 Å². The number of ether oxygens (including phenoxy) is 1. The maximum Gasteiger partial charge on any atom is 0.337 e. The molecular formula is C19H17N3O4S. The number of carboxylic acid groups (broad SMARTS) is 1. The topological polar surface area (TPSA) is 112 Å². The minimum atomic E-state index is -1.22. The number of benzene rings is 1. The van der Waals surface area contributed by atoms with Crippen molar-refractivity contribution in [1.82, 2.24) is 4.98 Å². The van der Waals surface area contributed by atoms with Crippen molar-refractivity contribution in [1.29, 1.82) is 5.26 Å². The molecule has 0 aliphatic carbocycles. The van der Waals surface area contributed by atoms with E-state index in [9.17, 15) is 14.7 Å². The first-order valence-electron chi connectivity index (χ1n) is 8.36. The Hall–Kier alpha value is -2.89. The number of hydrogen-bond acceptors (Lipinski definition) is 6. The number of pyridine rings is 1. The maximum atomic E-state index is 12.4. The lowest BCUT2D eigenvalue weighted by atomic mass is 10.1. The zero-order valence-electron chi connectivity index (χ0n) is 14.3. The average Bonchev–Trinajstić information content (AvgIpc) is 2.69. The number of anilines is 1. The Morgan fingerprint density at radius 3 is 2.67 bits per heavy atom. The second kappa shape index (κ2) is 8.66. The van der Waals surface area contributed by atoms with Gasteiger partial charge in [0.15, 0.2) is 0 Å². The minimum absolute atomic E-state index is 0.132. The lowest BCUT2D eigenvalue weighted by Gasteiger charge is -2.20. The molecule has 1 saturated heterocycles. The highest BCUT2D eigenvalue weighted by Crippen LogP contribution is 2.28. The van der Waals surface area contributed by atoms with E-state index in [2.05, 4.69) is 10.3 Å². The molecule has 3 rings (SSSR count). The van der Waals surface area contributed by atoms with Crippen molar-refractivity contribution in [3.05, 3.63) is 53.2 Å². The molecule has 7 nitrogen and oxygen atoms in total. The summed E-state index contributed by atoms with van der Waals surface area (Å²) in [4.78, 5) is 28.1. The monoisotopic (exact) mass is 383 g/mol. The van der Waals surface area contributed by atoms with Crippen LogP contribution >= 0.6 is 11.8 Å². The minimum Gasteiger partial charge on any atom is -0.478 e. The first-order chi connectivity index (χ1) is 13.1. The molecule has 138 valence electrons. The molecule has 8 heteroatoms. The van der Waals surface area contributed by atoms with Gasteiger partial charge in [0.05, 0.1) is 33.5 Å². The fourth-order valence-corrected chi connectivity index (χ4v) is 3.67. The van der Waals surface area contributed by atoms with E-state index in [1.165, 1.54) is 24.4 Å². The summed E-state index contributed by atoms with van der Waals surface area (Å²) in [6, 6.07) is 9.41. The number of nitrogens with one attached hydrogen (secondary N) is 1. The van der Waals surface area contributed by atoms with Crippen LogP contribution in [0.4, 0.5) is 5.69 Å². The van der Waals surface area contributed by atoms with Crippen molar-refractivity contribution < 1.29 is 19.4 Å². The third-order valence-corrected chi connectivity index (χ3v) is 5.37. The summed E-state index contributed by atoms with van der Waals surface area (Å²) in [5, 5.41) is 22.0. The standard InChI is InChI=1S/C19H17N3O4S/c20-10-12-1-3-16(15(9-12)19(24)25)22-18(23)13-2-4-17(21-11-13)27-14-5-7-26-8-6-14/h1-4,9,11,14H,5-8H2,(H,22,23)(H,24,25). The van der Waals surface area contributed by atoms with E-state index < -0.39 is 11.9 Å². The van der Waals surface area contributed by atoms with Gasteiger partial charge in [-0.2, -0.15) is 5.26 Å². The van der Waals surface area contributed by atoms with Gasteiger partial charge in [0.1, 0.15) is 0 Å². The normalized spacial score (nSPS) is 14.3. The number of aromatic carboxylic acids is 1. The van der Waals surface area contributed by atoms with Crippen molar-refractivity contribution in [2.24, 2.45) is 0 Å². The number of carbonyl (C=O) groups excluding carboxylic acids is 1. The van der Waals surface area contributed by atoms with Crippen molar-refractivity contribution in [3.63, 3.8) is 0 Å². The van der Waals surface area contributed by atoms with Crippen LogP contribution in [0.1, 0.15) is 39.1 Å². The number of carboxylic acids is 1. The van der Waals surface area contributed by atoms with Crippen molar-refractivity contribution in [3.8, 4) is 6.07 Å². The summed E-state index contributed by atoms with van der Waals surface area (Å²) in [6.07, 6.45) is 3.43. The molecule has 2 aromatic rings. The Balaban J connectivity index is 1.69. The molecule has 1 aromatic heterocycles. The number of aromatic nitrogens is 1. The fraction of sp³-hybridized carbons (Fsp3) is 0.263. The number of nitrogens with zero attached hydrogens (tertiary/aromatic N) is 2. The number of amides is 1. The Labute approximate surface area is 160 Å². The highest BCUT2D eigenvalue weighted by atomic mass is 32.2. The molecule has 1 aliphatic heterocycles.